The van der Waals surface area contributed by atoms with Gasteiger partial charge in [-0.3, -0.25) is 9.78 Å². The summed E-state index contributed by atoms with van der Waals surface area (Å²) in [5.41, 5.74) is 7.78. The molecule has 4 nitrogen and oxygen atoms in total. The fourth-order valence-corrected chi connectivity index (χ4v) is 2.55. The Hall–Kier alpha value is -1.72. The zero-order valence-electron chi connectivity index (χ0n) is 11.0. The Morgan fingerprint density at radius 3 is 2.84 bits per heavy atom. The van der Waals surface area contributed by atoms with Gasteiger partial charge in [-0.15, -0.1) is 11.3 Å². The number of thiophene rings is 1. The Morgan fingerprint density at radius 1 is 1.42 bits per heavy atom. The first-order valence-electron chi connectivity index (χ1n) is 6.04. The number of likely N-dealkylation sites (N-methyl/N-ethyl adjacent to an activating group) is 1. The molecule has 0 spiro atoms. The molecule has 2 N–H and O–H groups in total. The lowest BCUT2D eigenvalue weighted by atomic mass is 10.2. The fraction of sp³-hybridized carbons (Fsp3) is 0.286. The molecule has 2 aromatic heterocycles. The highest BCUT2D eigenvalue weighted by Crippen LogP contribution is 2.19. The summed E-state index contributed by atoms with van der Waals surface area (Å²) in [5, 5.41) is 1.92. The van der Waals surface area contributed by atoms with Gasteiger partial charge in [0.15, 0.2) is 0 Å². The van der Waals surface area contributed by atoms with Gasteiger partial charge in [0.25, 0.3) is 0 Å². The Kier molecular flexibility index (Phi) is 4.29. The van der Waals surface area contributed by atoms with Crippen LogP contribution in [-0.2, 0) is 11.3 Å². The maximum absolute atomic E-state index is 12.2. The molecule has 2 rings (SSSR count). The summed E-state index contributed by atoms with van der Waals surface area (Å²) in [5.74, 6) is -0.0919. The van der Waals surface area contributed by atoms with Crippen LogP contribution in [0.4, 0.5) is 0 Å². The molecule has 0 aliphatic rings. The average Bonchev–Trinajstić information content (AvgIpc) is 2.90. The van der Waals surface area contributed by atoms with Crippen LogP contribution >= 0.6 is 11.3 Å². The number of carbonyl (C=O) groups is 1. The minimum absolute atomic E-state index is 0.0919. The summed E-state index contributed by atoms with van der Waals surface area (Å²) in [4.78, 5) is 19.1. The molecule has 19 heavy (non-hydrogen) atoms. The molecule has 1 atom stereocenters. The van der Waals surface area contributed by atoms with Gasteiger partial charge >= 0.3 is 0 Å². The predicted octanol–water partition coefficient (Wildman–Crippen LogP) is 2.11. The molecular weight excluding hydrogens is 258 g/mol. The van der Waals surface area contributed by atoms with Crippen molar-refractivity contribution in [3.63, 3.8) is 0 Å². The van der Waals surface area contributed by atoms with Gasteiger partial charge in [-0.2, -0.15) is 0 Å². The Labute approximate surface area is 116 Å². The van der Waals surface area contributed by atoms with Gasteiger partial charge in [0.1, 0.15) is 6.04 Å². The third-order valence-corrected chi connectivity index (χ3v) is 3.79. The van der Waals surface area contributed by atoms with Crippen LogP contribution in [0.1, 0.15) is 22.3 Å². The summed E-state index contributed by atoms with van der Waals surface area (Å²) in [6.45, 7) is 2.41. The van der Waals surface area contributed by atoms with Gasteiger partial charge in [-0.1, -0.05) is 12.1 Å². The number of pyridine rings is 1. The van der Waals surface area contributed by atoms with Crippen LogP contribution in [0.5, 0.6) is 0 Å². The number of aryl methyl sites for hydroxylation is 1. The summed E-state index contributed by atoms with van der Waals surface area (Å²) >= 11 is 1.50. The number of hydrogen-bond acceptors (Lipinski definition) is 4. The molecule has 0 saturated carbocycles. The number of aromatic nitrogens is 1. The van der Waals surface area contributed by atoms with E-state index in [9.17, 15) is 4.79 Å². The predicted molar refractivity (Wildman–Crippen MR) is 76.7 cm³/mol. The van der Waals surface area contributed by atoms with Crippen molar-refractivity contribution in [2.75, 3.05) is 7.05 Å². The van der Waals surface area contributed by atoms with E-state index in [1.807, 2.05) is 42.6 Å². The lowest BCUT2D eigenvalue weighted by molar-refractivity contribution is -0.131. The summed E-state index contributed by atoms with van der Waals surface area (Å²) in [6.07, 6.45) is 0. The first-order valence-corrected chi connectivity index (χ1v) is 6.92. The molecule has 5 heteroatoms. The van der Waals surface area contributed by atoms with Crippen LogP contribution in [0.25, 0.3) is 0 Å². The molecule has 2 heterocycles. The molecule has 0 aliphatic heterocycles. The van der Waals surface area contributed by atoms with E-state index in [1.165, 1.54) is 11.3 Å². The molecule has 0 bridgehead atoms. The minimum atomic E-state index is -0.588. The van der Waals surface area contributed by atoms with E-state index < -0.39 is 6.04 Å². The first kappa shape index (κ1) is 13.7. The van der Waals surface area contributed by atoms with Crippen LogP contribution in [0.2, 0.25) is 0 Å². The molecular formula is C14H17N3OS. The minimum Gasteiger partial charge on any atom is -0.338 e. The van der Waals surface area contributed by atoms with Crippen LogP contribution < -0.4 is 5.73 Å². The van der Waals surface area contributed by atoms with Crippen LogP contribution in [0.15, 0.2) is 35.7 Å². The van der Waals surface area contributed by atoms with Crippen molar-refractivity contribution in [2.45, 2.75) is 19.5 Å². The van der Waals surface area contributed by atoms with Crippen molar-refractivity contribution < 1.29 is 4.79 Å². The topological polar surface area (TPSA) is 59.2 Å². The molecule has 0 aromatic carbocycles. The number of hydrogen-bond donors (Lipinski definition) is 1. The highest BCUT2D eigenvalue weighted by Gasteiger charge is 2.20. The standard InChI is InChI=1S/C14H17N3OS/c1-10-5-3-6-11(16-10)9-17(2)14(18)13(15)12-7-4-8-19-12/h3-8,13H,9,15H2,1-2H3. The number of rotatable bonds is 4. The van der Waals surface area contributed by atoms with Crippen LogP contribution in [-0.4, -0.2) is 22.8 Å². The van der Waals surface area contributed by atoms with Gasteiger partial charge < -0.3 is 10.6 Å². The van der Waals surface area contributed by atoms with E-state index in [-0.39, 0.29) is 5.91 Å². The molecule has 1 amide bonds. The van der Waals surface area contributed by atoms with Gasteiger partial charge in [0.05, 0.1) is 12.2 Å². The summed E-state index contributed by atoms with van der Waals surface area (Å²) < 4.78 is 0. The highest BCUT2D eigenvalue weighted by molar-refractivity contribution is 7.10. The van der Waals surface area contributed by atoms with E-state index in [0.717, 1.165) is 16.3 Å². The molecule has 2 aromatic rings. The zero-order chi connectivity index (χ0) is 13.8. The largest absolute Gasteiger partial charge is 0.338 e. The average molecular weight is 275 g/mol. The van der Waals surface area contributed by atoms with E-state index in [4.69, 9.17) is 5.73 Å². The number of amides is 1. The molecule has 100 valence electrons. The van der Waals surface area contributed by atoms with E-state index in [1.54, 1.807) is 11.9 Å². The smallest absolute Gasteiger partial charge is 0.245 e. The van der Waals surface area contributed by atoms with Gasteiger partial charge in [-0.25, -0.2) is 0 Å². The highest BCUT2D eigenvalue weighted by atomic mass is 32.1. The van der Waals surface area contributed by atoms with Gasteiger partial charge in [0.2, 0.25) is 5.91 Å². The maximum atomic E-state index is 12.2. The number of nitrogens with two attached hydrogens (primary N) is 1. The number of carbonyl (C=O) groups excluding carboxylic acids is 1. The lowest BCUT2D eigenvalue weighted by Gasteiger charge is -2.20. The van der Waals surface area contributed by atoms with E-state index in [2.05, 4.69) is 4.98 Å². The van der Waals surface area contributed by atoms with Gasteiger partial charge in [-0.05, 0) is 30.5 Å². The summed E-state index contributed by atoms with van der Waals surface area (Å²) in [7, 11) is 1.75. The fourth-order valence-electron chi connectivity index (χ4n) is 1.84. The van der Waals surface area contributed by atoms with Crippen molar-refractivity contribution in [3.8, 4) is 0 Å². The Morgan fingerprint density at radius 2 is 2.21 bits per heavy atom. The van der Waals surface area contributed by atoms with E-state index >= 15 is 0 Å². The second-order valence-electron chi connectivity index (χ2n) is 4.46. The second kappa shape index (κ2) is 5.95. The Bertz CT molecular complexity index is 554. The van der Waals surface area contributed by atoms with Crippen molar-refractivity contribution in [2.24, 2.45) is 5.73 Å². The monoisotopic (exact) mass is 275 g/mol. The molecule has 0 radical (unpaired) electrons. The molecule has 1 unspecified atom stereocenters. The SMILES string of the molecule is Cc1cccc(CN(C)C(=O)C(N)c2cccs2)n1. The third-order valence-electron chi connectivity index (χ3n) is 2.84. The quantitative estimate of drug-likeness (QED) is 0.929. The van der Waals surface area contributed by atoms with Crippen LogP contribution in [0.3, 0.4) is 0 Å². The molecule has 0 saturated heterocycles. The molecule has 0 fully saturated rings. The van der Waals surface area contributed by atoms with Crippen molar-refractivity contribution in [1.29, 1.82) is 0 Å². The van der Waals surface area contributed by atoms with Crippen molar-refractivity contribution in [3.05, 3.63) is 52.0 Å². The van der Waals surface area contributed by atoms with E-state index in [0.29, 0.717) is 6.54 Å². The zero-order valence-corrected chi connectivity index (χ0v) is 11.9. The Balaban J connectivity index is 2.03. The second-order valence-corrected chi connectivity index (χ2v) is 5.44. The normalized spacial score (nSPS) is 12.2. The molecule has 0 aliphatic carbocycles. The number of nitrogens with zero attached hydrogens (tertiary/aromatic N) is 2. The van der Waals surface area contributed by atoms with Crippen LogP contribution in [0, 0.1) is 6.92 Å². The van der Waals surface area contributed by atoms with Crippen molar-refractivity contribution in [1.82, 2.24) is 9.88 Å². The first-order chi connectivity index (χ1) is 9.08. The third kappa shape index (κ3) is 3.39. The lowest BCUT2D eigenvalue weighted by Crippen LogP contribution is -2.35. The summed E-state index contributed by atoms with van der Waals surface area (Å²) in [6, 6.07) is 8.97. The van der Waals surface area contributed by atoms with Crippen molar-refractivity contribution >= 4 is 17.2 Å². The maximum Gasteiger partial charge on any atom is 0.245 e. The van der Waals surface area contributed by atoms with Gasteiger partial charge in [0, 0.05) is 17.6 Å².